The lowest BCUT2D eigenvalue weighted by Gasteiger charge is -2.31. The molecular formula is C20H30N2. The minimum Gasteiger partial charge on any atom is -0.376 e. The molecule has 0 radical (unpaired) electrons. The summed E-state index contributed by atoms with van der Waals surface area (Å²) in [5.74, 6) is 0.620. The minimum atomic E-state index is 0.281. The second-order valence-corrected chi connectivity index (χ2v) is 6.41. The molecule has 2 atom stereocenters. The Morgan fingerprint density at radius 3 is 2.86 bits per heavy atom. The fraction of sp³-hybridized carbons (Fsp3) is 0.500. The van der Waals surface area contributed by atoms with Crippen LogP contribution in [0, 0.1) is 5.92 Å². The molecule has 0 fully saturated rings. The Labute approximate surface area is 136 Å². The van der Waals surface area contributed by atoms with Gasteiger partial charge < -0.3 is 10.2 Å². The number of hydrogen-bond acceptors (Lipinski definition) is 2. The average Bonchev–Trinajstić information content (AvgIpc) is 2.54. The van der Waals surface area contributed by atoms with Crippen molar-refractivity contribution in [1.82, 2.24) is 10.2 Å². The van der Waals surface area contributed by atoms with Gasteiger partial charge in [0.1, 0.15) is 0 Å². The van der Waals surface area contributed by atoms with Crippen LogP contribution in [0.5, 0.6) is 0 Å². The largest absolute Gasteiger partial charge is 0.376 e. The Hall–Kier alpha value is -1.70. The summed E-state index contributed by atoms with van der Waals surface area (Å²) in [6.45, 7) is 10.0. The van der Waals surface area contributed by atoms with Crippen LogP contribution in [-0.2, 0) is 0 Å². The van der Waals surface area contributed by atoms with Crippen molar-refractivity contribution in [2.75, 3.05) is 13.6 Å². The molecule has 0 saturated carbocycles. The molecule has 22 heavy (non-hydrogen) atoms. The van der Waals surface area contributed by atoms with E-state index in [0.29, 0.717) is 5.92 Å². The number of nitrogens with one attached hydrogen (secondary N) is 1. The second-order valence-electron chi connectivity index (χ2n) is 6.41. The van der Waals surface area contributed by atoms with Crippen molar-refractivity contribution in [3.8, 4) is 0 Å². The molecule has 0 aromatic carbocycles. The molecule has 0 amide bonds. The third kappa shape index (κ3) is 3.73. The van der Waals surface area contributed by atoms with E-state index in [0.717, 1.165) is 13.0 Å². The molecule has 2 heteroatoms. The first-order valence-corrected chi connectivity index (χ1v) is 8.50. The zero-order valence-corrected chi connectivity index (χ0v) is 14.7. The van der Waals surface area contributed by atoms with E-state index >= 15 is 0 Å². The van der Waals surface area contributed by atoms with Gasteiger partial charge in [-0.3, -0.25) is 0 Å². The van der Waals surface area contributed by atoms with Gasteiger partial charge in [-0.15, -0.1) is 0 Å². The third-order valence-electron chi connectivity index (χ3n) is 4.74. The molecule has 2 aliphatic heterocycles. The van der Waals surface area contributed by atoms with Gasteiger partial charge >= 0.3 is 0 Å². The molecule has 1 N–H and O–H groups in total. The van der Waals surface area contributed by atoms with Crippen LogP contribution in [0.3, 0.4) is 0 Å². The lowest BCUT2D eigenvalue weighted by Crippen LogP contribution is -2.35. The van der Waals surface area contributed by atoms with Crippen LogP contribution in [0.15, 0.2) is 59.0 Å². The van der Waals surface area contributed by atoms with Crippen molar-refractivity contribution in [3.63, 3.8) is 0 Å². The molecule has 2 rings (SSSR count). The third-order valence-corrected chi connectivity index (χ3v) is 4.74. The monoisotopic (exact) mass is 298 g/mol. The highest BCUT2D eigenvalue weighted by atomic mass is 15.1. The number of likely N-dealkylation sites (N-methyl/N-ethyl adjacent to an activating group) is 1. The maximum absolute atomic E-state index is 3.72. The highest BCUT2D eigenvalue weighted by Crippen LogP contribution is 2.26. The van der Waals surface area contributed by atoms with E-state index < -0.39 is 0 Å². The molecule has 0 aromatic rings. The van der Waals surface area contributed by atoms with Crippen molar-refractivity contribution in [1.29, 1.82) is 0 Å². The Morgan fingerprint density at radius 2 is 2.18 bits per heavy atom. The van der Waals surface area contributed by atoms with Crippen molar-refractivity contribution in [2.24, 2.45) is 5.92 Å². The smallest absolute Gasteiger partial charge is 0.0700 e. The van der Waals surface area contributed by atoms with Gasteiger partial charge in [0.2, 0.25) is 0 Å². The summed E-state index contributed by atoms with van der Waals surface area (Å²) in [6, 6.07) is 0.281. The fourth-order valence-corrected chi connectivity index (χ4v) is 2.92. The van der Waals surface area contributed by atoms with Crippen LogP contribution in [-0.4, -0.2) is 24.5 Å². The predicted molar refractivity (Wildman–Crippen MR) is 96.4 cm³/mol. The van der Waals surface area contributed by atoms with Gasteiger partial charge in [0.25, 0.3) is 0 Å². The standard InChI is InChI=1S/C20H30N2/c1-6-8-9-18(16(4)15(3)7-2)20-11-10-17-14-22(5)13-12-19(17)21-20/h8-13,15,20-21H,6-7,14H2,1-5H3/b9-8-,18-16-. The van der Waals surface area contributed by atoms with Crippen molar-refractivity contribution >= 4 is 0 Å². The number of nitrogens with zero attached hydrogens (tertiary/aromatic N) is 1. The summed E-state index contributed by atoms with van der Waals surface area (Å²) in [5, 5.41) is 3.72. The zero-order valence-electron chi connectivity index (χ0n) is 14.7. The number of allylic oxidation sites excluding steroid dienone is 3. The van der Waals surface area contributed by atoms with E-state index in [1.54, 1.807) is 0 Å². The van der Waals surface area contributed by atoms with Crippen LogP contribution in [0.1, 0.15) is 40.5 Å². The van der Waals surface area contributed by atoms with E-state index in [1.165, 1.54) is 28.8 Å². The summed E-state index contributed by atoms with van der Waals surface area (Å²) in [4.78, 5) is 2.21. The number of dihydropyridines is 1. The van der Waals surface area contributed by atoms with E-state index in [2.05, 4.69) is 81.5 Å². The molecular weight excluding hydrogens is 268 g/mol. The first-order valence-electron chi connectivity index (χ1n) is 8.50. The van der Waals surface area contributed by atoms with Crippen LogP contribution < -0.4 is 5.32 Å². The summed E-state index contributed by atoms with van der Waals surface area (Å²) in [6.07, 6.45) is 15.8. The summed E-state index contributed by atoms with van der Waals surface area (Å²) < 4.78 is 0. The highest BCUT2D eigenvalue weighted by molar-refractivity contribution is 5.45. The fourth-order valence-electron chi connectivity index (χ4n) is 2.92. The topological polar surface area (TPSA) is 15.3 Å². The Morgan fingerprint density at radius 1 is 1.41 bits per heavy atom. The molecule has 0 aliphatic carbocycles. The SMILES string of the molecule is CC/C=C\C(=C(/C)C(C)CC)C1C=CC2=C(C=CN(C)C2)N1. The number of rotatable bonds is 5. The Kier molecular flexibility index (Phi) is 5.70. The van der Waals surface area contributed by atoms with E-state index in [1.807, 2.05) is 0 Å². The van der Waals surface area contributed by atoms with Crippen molar-refractivity contribution < 1.29 is 0 Å². The van der Waals surface area contributed by atoms with Gasteiger partial charge in [-0.1, -0.05) is 50.6 Å². The van der Waals surface area contributed by atoms with Gasteiger partial charge in [-0.2, -0.15) is 0 Å². The lowest BCUT2D eigenvalue weighted by atomic mass is 9.89. The first kappa shape index (κ1) is 16.7. The molecule has 0 aromatic heterocycles. The maximum Gasteiger partial charge on any atom is 0.0700 e. The van der Waals surface area contributed by atoms with Gasteiger partial charge in [0.15, 0.2) is 0 Å². The quantitative estimate of drug-likeness (QED) is 0.749. The van der Waals surface area contributed by atoms with Gasteiger partial charge in [-0.25, -0.2) is 0 Å². The molecule has 0 saturated heterocycles. The normalized spacial score (nSPS) is 23.5. The lowest BCUT2D eigenvalue weighted by molar-refractivity contribution is 0.485. The Balaban J connectivity index is 2.27. The molecule has 2 unspecified atom stereocenters. The molecule has 2 nitrogen and oxygen atoms in total. The molecule has 2 aliphatic rings. The predicted octanol–water partition coefficient (Wildman–Crippen LogP) is 4.56. The minimum absolute atomic E-state index is 0.281. The number of hydrogen-bond donors (Lipinski definition) is 1. The zero-order chi connectivity index (χ0) is 16.1. The molecule has 0 bridgehead atoms. The molecule has 2 heterocycles. The highest BCUT2D eigenvalue weighted by Gasteiger charge is 2.21. The van der Waals surface area contributed by atoms with Gasteiger partial charge in [0, 0.05) is 25.5 Å². The second kappa shape index (κ2) is 7.53. The van der Waals surface area contributed by atoms with Gasteiger partial charge in [0.05, 0.1) is 6.04 Å². The Bertz CT molecular complexity index is 546. The van der Waals surface area contributed by atoms with E-state index in [9.17, 15) is 0 Å². The average molecular weight is 298 g/mol. The van der Waals surface area contributed by atoms with Crippen LogP contribution in [0.25, 0.3) is 0 Å². The molecule has 120 valence electrons. The van der Waals surface area contributed by atoms with Crippen molar-refractivity contribution in [2.45, 2.75) is 46.6 Å². The van der Waals surface area contributed by atoms with E-state index in [4.69, 9.17) is 0 Å². The van der Waals surface area contributed by atoms with Crippen LogP contribution >= 0.6 is 0 Å². The maximum atomic E-state index is 3.72. The van der Waals surface area contributed by atoms with Gasteiger partial charge in [-0.05, 0) is 42.9 Å². The summed E-state index contributed by atoms with van der Waals surface area (Å²) in [5.41, 5.74) is 5.56. The van der Waals surface area contributed by atoms with E-state index in [-0.39, 0.29) is 6.04 Å². The summed E-state index contributed by atoms with van der Waals surface area (Å²) >= 11 is 0. The van der Waals surface area contributed by atoms with Crippen molar-refractivity contribution in [3.05, 3.63) is 59.0 Å². The molecule has 0 spiro atoms. The summed E-state index contributed by atoms with van der Waals surface area (Å²) in [7, 11) is 2.11. The first-order chi connectivity index (χ1) is 10.6. The van der Waals surface area contributed by atoms with Crippen LogP contribution in [0.4, 0.5) is 0 Å². The van der Waals surface area contributed by atoms with Crippen LogP contribution in [0.2, 0.25) is 0 Å².